The van der Waals surface area contributed by atoms with E-state index in [1.807, 2.05) is 55.1 Å². The number of hydrogen-bond acceptors (Lipinski definition) is 3. The van der Waals surface area contributed by atoms with Gasteiger partial charge in [0, 0.05) is 43.2 Å². The van der Waals surface area contributed by atoms with E-state index in [1.54, 1.807) is 0 Å². The molecule has 0 unspecified atom stereocenters. The molecule has 2 aromatic carbocycles. The number of aryl methyl sites for hydroxylation is 2. The van der Waals surface area contributed by atoms with Crippen LogP contribution < -0.4 is 15.5 Å². The molecule has 0 atom stereocenters. The van der Waals surface area contributed by atoms with E-state index in [4.69, 9.17) is 0 Å². The number of benzene rings is 2. The maximum Gasteiger partial charge on any atom is 0.323 e. The van der Waals surface area contributed by atoms with Crippen LogP contribution in [0.25, 0.3) is 0 Å². The van der Waals surface area contributed by atoms with Crippen LogP contribution in [-0.2, 0) is 0 Å². The second-order valence-electron chi connectivity index (χ2n) is 8.68. The van der Waals surface area contributed by atoms with Crippen LogP contribution >= 0.6 is 0 Å². The number of piperidine rings is 1. The zero-order valence-corrected chi connectivity index (χ0v) is 18.5. The van der Waals surface area contributed by atoms with Gasteiger partial charge in [0.2, 0.25) is 0 Å². The van der Waals surface area contributed by atoms with Crippen molar-refractivity contribution in [2.24, 2.45) is 0 Å². The van der Waals surface area contributed by atoms with Gasteiger partial charge in [-0.3, -0.25) is 4.79 Å². The third-order valence-corrected chi connectivity index (χ3v) is 6.20. The molecule has 0 aromatic heterocycles. The minimum absolute atomic E-state index is 0.0662. The Hall–Kier alpha value is -3.02. The number of amides is 3. The smallest absolute Gasteiger partial charge is 0.323 e. The summed E-state index contributed by atoms with van der Waals surface area (Å²) in [5, 5.41) is 5.82. The molecule has 2 aliphatic rings. The number of anilines is 3. The summed E-state index contributed by atoms with van der Waals surface area (Å²) in [5.41, 5.74) is 5.25. The van der Waals surface area contributed by atoms with Crippen molar-refractivity contribution < 1.29 is 9.59 Å². The predicted molar refractivity (Wildman–Crippen MR) is 126 cm³/mol. The topological polar surface area (TPSA) is 64.7 Å². The summed E-state index contributed by atoms with van der Waals surface area (Å²) < 4.78 is 0. The van der Waals surface area contributed by atoms with Crippen LogP contribution in [0.15, 0.2) is 36.4 Å². The lowest BCUT2D eigenvalue weighted by atomic mass is 10.1. The van der Waals surface area contributed by atoms with Crippen LogP contribution in [0.5, 0.6) is 0 Å². The van der Waals surface area contributed by atoms with Crippen molar-refractivity contribution in [1.29, 1.82) is 0 Å². The molecule has 4 rings (SSSR count). The zero-order chi connectivity index (χ0) is 21.8. The summed E-state index contributed by atoms with van der Waals surface area (Å²) in [6.45, 7) is 7.56. The minimum Gasteiger partial charge on any atom is -0.371 e. The van der Waals surface area contributed by atoms with E-state index in [1.165, 1.54) is 6.42 Å². The first-order valence-electron chi connectivity index (χ1n) is 11.3. The SMILES string of the molecule is Cc1ccc(NC(=O)Nc2ccc(N3CCCCC3)c(C(=O)N3CCCC3)c2)c(C)c1. The first-order valence-corrected chi connectivity index (χ1v) is 11.3. The van der Waals surface area contributed by atoms with Crippen molar-refractivity contribution in [3.8, 4) is 0 Å². The Morgan fingerprint density at radius 3 is 2.23 bits per heavy atom. The summed E-state index contributed by atoms with van der Waals surface area (Å²) >= 11 is 0. The highest BCUT2D eigenvalue weighted by Crippen LogP contribution is 2.29. The normalized spacial score (nSPS) is 16.3. The molecular weight excluding hydrogens is 388 g/mol. The van der Waals surface area contributed by atoms with Crippen LogP contribution in [0.3, 0.4) is 0 Å². The molecule has 0 aliphatic carbocycles. The number of carbonyl (C=O) groups is 2. The molecule has 0 saturated carbocycles. The van der Waals surface area contributed by atoms with Gasteiger partial charge in [-0.05, 0) is 75.8 Å². The van der Waals surface area contributed by atoms with Crippen molar-refractivity contribution in [3.05, 3.63) is 53.1 Å². The van der Waals surface area contributed by atoms with Gasteiger partial charge < -0.3 is 20.4 Å². The molecule has 2 aromatic rings. The zero-order valence-electron chi connectivity index (χ0n) is 18.5. The number of rotatable bonds is 4. The first-order chi connectivity index (χ1) is 15.0. The highest BCUT2D eigenvalue weighted by atomic mass is 16.2. The quantitative estimate of drug-likeness (QED) is 0.717. The molecule has 3 amide bonds. The maximum absolute atomic E-state index is 13.3. The summed E-state index contributed by atoms with van der Waals surface area (Å²) in [6, 6.07) is 11.3. The molecule has 31 heavy (non-hydrogen) atoms. The summed E-state index contributed by atoms with van der Waals surface area (Å²) in [7, 11) is 0. The number of nitrogens with zero attached hydrogens (tertiary/aromatic N) is 2. The number of nitrogens with one attached hydrogen (secondary N) is 2. The van der Waals surface area contributed by atoms with Gasteiger partial charge in [-0.15, -0.1) is 0 Å². The Morgan fingerprint density at radius 2 is 1.52 bits per heavy atom. The molecule has 6 heteroatoms. The Bertz CT molecular complexity index is 960. The average Bonchev–Trinajstić information content (AvgIpc) is 3.31. The second-order valence-corrected chi connectivity index (χ2v) is 8.68. The van der Waals surface area contributed by atoms with Gasteiger partial charge in [-0.25, -0.2) is 4.79 Å². The van der Waals surface area contributed by atoms with E-state index in [0.29, 0.717) is 11.3 Å². The van der Waals surface area contributed by atoms with E-state index in [-0.39, 0.29) is 11.9 Å². The number of likely N-dealkylation sites (tertiary alicyclic amines) is 1. The number of urea groups is 1. The van der Waals surface area contributed by atoms with Crippen molar-refractivity contribution in [1.82, 2.24) is 4.90 Å². The Kier molecular flexibility index (Phi) is 6.44. The van der Waals surface area contributed by atoms with Gasteiger partial charge in [-0.1, -0.05) is 17.7 Å². The van der Waals surface area contributed by atoms with Gasteiger partial charge >= 0.3 is 6.03 Å². The van der Waals surface area contributed by atoms with E-state index in [9.17, 15) is 9.59 Å². The van der Waals surface area contributed by atoms with Crippen molar-refractivity contribution in [2.45, 2.75) is 46.0 Å². The van der Waals surface area contributed by atoms with Crippen molar-refractivity contribution in [3.63, 3.8) is 0 Å². The van der Waals surface area contributed by atoms with Gasteiger partial charge in [-0.2, -0.15) is 0 Å². The molecule has 0 radical (unpaired) electrons. The fraction of sp³-hybridized carbons (Fsp3) is 0.440. The maximum atomic E-state index is 13.3. The molecule has 2 saturated heterocycles. The molecule has 6 nitrogen and oxygen atoms in total. The molecule has 164 valence electrons. The van der Waals surface area contributed by atoms with Crippen LogP contribution in [0.1, 0.15) is 53.6 Å². The predicted octanol–water partition coefficient (Wildman–Crippen LogP) is 5.17. The largest absolute Gasteiger partial charge is 0.371 e. The molecule has 2 N–H and O–H groups in total. The van der Waals surface area contributed by atoms with Crippen LogP contribution in [-0.4, -0.2) is 43.0 Å². The van der Waals surface area contributed by atoms with Crippen LogP contribution in [0.2, 0.25) is 0 Å². The van der Waals surface area contributed by atoms with Crippen molar-refractivity contribution in [2.75, 3.05) is 41.7 Å². The highest BCUT2D eigenvalue weighted by Gasteiger charge is 2.25. The third kappa shape index (κ3) is 5.01. The lowest BCUT2D eigenvalue weighted by Crippen LogP contribution is -2.34. The van der Waals surface area contributed by atoms with Crippen molar-refractivity contribution >= 4 is 29.0 Å². The summed E-state index contributed by atoms with van der Waals surface area (Å²) in [6.07, 6.45) is 5.65. The van der Waals surface area contributed by atoms with Crippen LogP contribution in [0.4, 0.5) is 21.9 Å². The molecule has 2 aliphatic heterocycles. The highest BCUT2D eigenvalue weighted by molar-refractivity contribution is 6.04. The third-order valence-electron chi connectivity index (χ3n) is 6.20. The summed E-state index contributed by atoms with van der Waals surface area (Å²) in [4.78, 5) is 30.1. The van der Waals surface area contributed by atoms with Gasteiger partial charge in [0.05, 0.1) is 5.56 Å². The van der Waals surface area contributed by atoms with Gasteiger partial charge in [0.25, 0.3) is 5.91 Å². The average molecular weight is 421 g/mol. The molecule has 0 spiro atoms. The molecule has 2 heterocycles. The number of carbonyl (C=O) groups excluding carboxylic acids is 2. The van der Waals surface area contributed by atoms with E-state index < -0.39 is 0 Å². The standard InChI is InChI=1S/C25H32N4O2/c1-18-8-10-22(19(2)16-18)27-25(31)26-20-9-11-23(28-12-4-3-5-13-28)21(17-20)24(30)29-14-6-7-15-29/h8-11,16-17H,3-7,12-15H2,1-2H3,(H2,26,27,31). The molecule has 0 bridgehead atoms. The Labute approximate surface area is 184 Å². The fourth-order valence-corrected chi connectivity index (χ4v) is 4.52. The fourth-order valence-electron chi connectivity index (χ4n) is 4.52. The monoisotopic (exact) mass is 420 g/mol. The van der Waals surface area contributed by atoms with Gasteiger partial charge in [0.1, 0.15) is 0 Å². The Morgan fingerprint density at radius 1 is 0.806 bits per heavy atom. The molecular formula is C25H32N4O2. The van der Waals surface area contributed by atoms with E-state index in [0.717, 1.165) is 74.4 Å². The summed E-state index contributed by atoms with van der Waals surface area (Å²) in [5.74, 6) is 0.0662. The van der Waals surface area contributed by atoms with Crippen LogP contribution in [0, 0.1) is 13.8 Å². The first kappa shape index (κ1) is 21.2. The lowest BCUT2D eigenvalue weighted by Gasteiger charge is -2.31. The van der Waals surface area contributed by atoms with E-state index in [2.05, 4.69) is 15.5 Å². The lowest BCUT2D eigenvalue weighted by molar-refractivity contribution is 0.0793. The second kappa shape index (κ2) is 9.41. The van der Waals surface area contributed by atoms with Gasteiger partial charge in [0.15, 0.2) is 0 Å². The number of hydrogen-bond donors (Lipinski definition) is 2. The molecule has 2 fully saturated rings. The Balaban J connectivity index is 1.55. The van der Waals surface area contributed by atoms with E-state index >= 15 is 0 Å². The minimum atomic E-state index is -0.308.